The third-order valence-electron chi connectivity index (χ3n) is 2.45. The molecule has 1 aliphatic heterocycles. The summed E-state index contributed by atoms with van der Waals surface area (Å²) in [6.45, 7) is 0.833. The molecule has 0 radical (unpaired) electrons. The van der Waals surface area contributed by atoms with Gasteiger partial charge in [0.2, 0.25) is 0 Å². The van der Waals surface area contributed by atoms with Crippen LogP contribution >= 0.6 is 28.3 Å². The molecule has 5 heteroatoms. The maximum Gasteiger partial charge on any atom is 0.132 e. The molecule has 1 fully saturated rings. The number of benzene rings is 1. The predicted molar refractivity (Wildman–Crippen MR) is 61.3 cm³/mol. The number of hydrogen-bond donors (Lipinski definition) is 1. The Bertz CT molecular complexity index is 330. The van der Waals surface area contributed by atoms with Crippen LogP contribution in [-0.2, 0) is 0 Å². The third kappa shape index (κ3) is 2.68. The average Bonchev–Trinajstić information content (AvgIpc) is 2.54. The molecule has 1 N–H and O–H groups in total. The van der Waals surface area contributed by atoms with Crippen LogP contribution < -0.4 is 5.32 Å². The second-order valence-corrected chi connectivity index (χ2v) is 4.35. The lowest BCUT2D eigenvalue weighted by molar-refractivity contribution is 0.506. The average molecular weight is 299 g/mol. The first kappa shape index (κ1) is 12.9. The first-order valence-electron chi connectivity index (χ1n) is 4.56. The van der Waals surface area contributed by atoms with E-state index in [-0.39, 0.29) is 24.0 Å². The maximum atomic E-state index is 13.5. The van der Waals surface area contributed by atoms with E-state index in [1.807, 2.05) is 0 Å². The molecule has 84 valence electrons. The zero-order valence-electron chi connectivity index (χ0n) is 7.90. The van der Waals surface area contributed by atoms with Gasteiger partial charge in [-0.2, -0.15) is 0 Å². The van der Waals surface area contributed by atoms with Crippen LogP contribution in [0.5, 0.6) is 0 Å². The summed E-state index contributed by atoms with van der Waals surface area (Å²) >= 11 is 3.06. The lowest BCUT2D eigenvalue weighted by atomic mass is 10.0. The number of hydrogen-bond acceptors (Lipinski definition) is 1. The molecule has 0 saturated carbocycles. The Hall–Kier alpha value is -0.190. The van der Waals surface area contributed by atoms with Crippen LogP contribution in [0.4, 0.5) is 8.78 Å². The second-order valence-electron chi connectivity index (χ2n) is 3.43. The quantitative estimate of drug-likeness (QED) is 0.836. The Balaban J connectivity index is 0.00000112. The summed E-state index contributed by atoms with van der Waals surface area (Å²) in [6, 6.07) is 2.44. The van der Waals surface area contributed by atoms with E-state index in [0.717, 1.165) is 19.4 Å². The zero-order valence-corrected chi connectivity index (χ0v) is 10.3. The Kier molecular flexibility index (Phi) is 4.49. The van der Waals surface area contributed by atoms with E-state index in [4.69, 9.17) is 0 Å². The van der Waals surface area contributed by atoms with Gasteiger partial charge in [0.1, 0.15) is 11.6 Å². The van der Waals surface area contributed by atoms with Crippen molar-refractivity contribution in [2.24, 2.45) is 0 Å². The molecule has 1 heterocycles. The van der Waals surface area contributed by atoms with Crippen LogP contribution in [0.25, 0.3) is 0 Å². The zero-order chi connectivity index (χ0) is 10.1. The van der Waals surface area contributed by atoms with Crippen molar-refractivity contribution in [3.63, 3.8) is 0 Å². The van der Waals surface area contributed by atoms with Crippen LogP contribution in [0.15, 0.2) is 16.6 Å². The lowest BCUT2D eigenvalue weighted by Crippen LogP contribution is -2.16. The molecule has 0 spiro atoms. The molecular weight excluding hydrogens is 287 g/mol. The van der Waals surface area contributed by atoms with Crippen molar-refractivity contribution in [1.82, 2.24) is 5.32 Å². The highest BCUT2D eigenvalue weighted by atomic mass is 79.9. The van der Waals surface area contributed by atoms with E-state index < -0.39 is 11.6 Å². The van der Waals surface area contributed by atoms with Crippen molar-refractivity contribution >= 4 is 28.3 Å². The van der Waals surface area contributed by atoms with Crippen LogP contribution in [0.1, 0.15) is 24.4 Å². The van der Waals surface area contributed by atoms with Crippen molar-refractivity contribution in [3.8, 4) is 0 Å². The van der Waals surface area contributed by atoms with Gasteiger partial charge in [-0.15, -0.1) is 12.4 Å². The Morgan fingerprint density at radius 1 is 1.27 bits per heavy atom. The summed E-state index contributed by atoms with van der Waals surface area (Å²) in [5.41, 5.74) is 0.172. The van der Waals surface area contributed by atoms with Gasteiger partial charge in [0.15, 0.2) is 0 Å². The molecule has 0 bridgehead atoms. The summed E-state index contributed by atoms with van der Waals surface area (Å²) in [7, 11) is 0. The molecule has 1 saturated heterocycles. The fraction of sp³-hybridized carbons (Fsp3) is 0.400. The molecule has 1 atom stereocenters. The van der Waals surface area contributed by atoms with Gasteiger partial charge in [0.05, 0.1) is 0 Å². The first-order valence-corrected chi connectivity index (χ1v) is 5.35. The highest BCUT2D eigenvalue weighted by Gasteiger charge is 2.23. The minimum atomic E-state index is -0.476. The SMILES string of the molecule is Cl.Fc1cc(Br)cc(F)c1[C@H]1CCCN1. The van der Waals surface area contributed by atoms with Crippen LogP contribution in [0.3, 0.4) is 0 Å². The molecule has 0 aliphatic carbocycles. The van der Waals surface area contributed by atoms with Gasteiger partial charge in [0.25, 0.3) is 0 Å². The van der Waals surface area contributed by atoms with Crippen molar-refractivity contribution < 1.29 is 8.78 Å². The van der Waals surface area contributed by atoms with Crippen LogP contribution in [0.2, 0.25) is 0 Å². The molecule has 1 nitrogen and oxygen atoms in total. The van der Waals surface area contributed by atoms with Crippen LogP contribution in [0, 0.1) is 11.6 Å². The first-order chi connectivity index (χ1) is 6.68. The molecule has 0 unspecified atom stereocenters. The highest BCUT2D eigenvalue weighted by molar-refractivity contribution is 9.10. The molecular formula is C10H11BrClF2N. The molecule has 1 aromatic carbocycles. The Labute approximate surface area is 102 Å². The Morgan fingerprint density at radius 3 is 2.33 bits per heavy atom. The monoisotopic (exact) mass is 297 g/mol. The van der Waals surface area contributed by atoms with E-state index in [0.29, 0.717) is 4.47 Å². The van der Waals surface area contributed by atoms with Gasteiger partial charge in [-0.3, -0.25) is 0 Å². The van der Waals surface area contributed by atoms with Crippen molar-refractivity contribution in [2.75, 3.05) is 6.54 Å². The fourth-order valence-electron chi connectivity index (χ4n) is 1.82. The molecule has 15 heavy (non-hydrogen) atoms. The largest absolute Gasteiger partial charge is 0.310 e. The van der Waals surface area contributed by atoms with Crippen molar-refractivity contribution in [2.45, 2.75) is 18.9 Å². The molecule has 1 aliphatic rings. The normalized spacial score (nSPS) is 20.1. The fourth-order valence-corrected chi connectivity index (χ4v) is 2.22. The third-order valence-corrected chi connectivity index (χ3v) is 2.91. The van der Waals surface area contributed by atoms with E-state index in [1.165, 1.54) is 12.1 Å². The van der Waals surface area contributed by atoms with E-state index in [9.17, 15) is 8.78 Å². The summed E-state index contributed by atoms with van der Waals surface area (Å²) < 4.78 is 27.3. The van der Waals surface area contributed by atoms with Crippen molar-refractivity contribution in [1.29, 1.82) is 0 Å². The Morgan fingerprint density at radius 2 is 1.87 bits per heavy atom. The van der Waals surface area contributed by atoms with Gasteiger partial charge in [0, 0.05) is 16.1 Å². The van der Waals surface area contributed by atoms with Crippen molar-refractivity contribution in [3.05, 3.63) is 33.8 Å². The number of halogens is 4. The van der Waals surface area contributed by atoms with Crippen LogP contribution in [-0.4, -0.2) is 6.54 Å². The smallest absolute Gasteiger partial charge is 0.132 e. The van der Waals surface area contributed by atoms with Gasteiger partial charge in [-0.1, -0.05) is 15.9 Å². The standard InChI is InChI=1S/C10H10BrF2N.ClH/c11-6-4-7(12)10(8(13)5-6)9-2-1-3-14-9;/h4-5,9,14H,1-3H2;1H/t9-;/m1./s1. The van der Waals surface area contributed by atoms with E-state index in [2.05, 4.69) is 21.2 Å². The second kappa shape index (κ2) is 5.23. The maximum absolute atomic E-state index is 13.5. The molecule has 0 amide bonds. The molecule has 1 aromatic rings. The number of nitrogens with one attached hydrogen (secondary N) is 1. The minimum absolute atomic E-state index is 0. The summed E-state index contributed by atoms with van der Waals surface area (Å²) in [5, 5.41) is 3.08. The van der Waals surface area contributed by atoms with Gasteiger partial charge < -0.3 is 5.32 Å². The summed E-state index contributed by atoms with van der Waals surface area (Å²) in [5.74, 6) is -0.951. The van der Waals surface area contributed by atoms with E-state index in [1.54, 1.807) is 0 Å². The summed E-state index contributed by atoms with van der Waals surface area (Å²) in [6.07, 6.45) is 1.77. The highest BCUT2D eigenvalue weighted by Crippen LogP contribution is 2.29. The molecule has 2 rings (SSSR count). The lowest BCUT2D eigenvalue weighted by Gasteiger charge is -2.12. The predicted octanol–water partition coefficient (Wildman–Crippen LogP) is 3.57. The molecule has 0 aromatic heterocycles. The van der Waals surface area contributed by atoms with Gasteiger partial charge in [-0.05, 0) is 31.5 Å². The van der Waals surface area contributed by atoms with Gasteiger partial charge >= 0.3 is 0 Å². The number of rotatable bonds is 1. The van der Waals surface area contributed by atoms with E-state index >= 15 is 0 Å². The topological polar surface area (TPSA) is 12.0 Å². The van der Waals surface area contributed by atoms with Gasteiger partial charge in [-0.25, -0.2) is 8.78 Å². The minimum Gasteiger partial charge on any atom is -0.310 e. The summed E-state index contributed by atoms with van der Waals surface area (Å²) in [4.78, 5) is 0.